The molecule has 2 nitrogen and oxygen atoms in total. The van der Waals surface area contributed by atoms with E-state index >= 15 is 0 Å². The topological polar surface area (TPSA) is 29.3 Å². The van der Waals surface area contributed by atoms with E-state index in [-0.39, 0.29) is 12.1 Å². The normalized spacial score (nSPS) is 26.7. The van der Waals surface area contributed by atoms with Crippen molar-refractivity contribution >= 4 is 0 Å². The summed E-state index contributed by atoms with van der Waals surface area (Å²) < 4.78 is 12.3. The van der Waals surface area contributed by atoms with Gasteiger partial charge in [-0.25, -0.2) is 5.01 Å². The highest BCUT2D eigenvalue weighted by atomic mass is 19.1. The second-order valence-electron chi connectivity index (χ2n) is 3.48. The van der Waals surface area contributed by atoms with Crippen LogP contribution in [-0.2, 0) is 0 Å². The van der Waals surface area contributed by atoms with Crippen LogP contribution in [0.25, 0.3) is 0 Å². The van der Waals surface area contributed by atoms with Crippen LogP contribution in [0.2, 0.25) is 0 Å². The van der Waals surface area contributed by atoms with E-state index < -0.39 is 0 Å². The van der Waals surface area contributed by atoms with Crippen LogP contribution in [0.3, 0.4) is 0 Å². The second-order valence-corrected chi connectivity index (χ2v) is 3.48. The third-order valence-corrected chi connectivity index (χ3v) is 2.33. The molecule has 0 aromatic rings. The fourth-order valence-electron chi connectivity index (χ4n) is 1.20. The summed E-state index contributed by atoms with van der Waals surface area (Å²) in [6, 6.07) is 0. The summed E-state index contributed by atoms with van der Waals surface area (Å²) in [4.78, 5) is 0. The molecule has 1 heterocycles. The Morgan fingerprint density at radius 3 is 2.40 bits per heavy atom. The molecule has 3 heteroatoms. The zero-order chi connectivity index (χ0) is 7.61. The van der Waals surface area contributed by atoms with Gasteiger partial charge in [-0.05, 0) is 18.3 Å². The average Bonchev–Trinajstić information content (AvgIpc) is 1.96. The van der Waals surface area contributed by atoms with E-state index in [1.807, 2.05) is 6.92 Å². The predicted octanol–water partition coefficient (Wildman–Crippen LogP) is 0.932. The van der Waals surface area contributed by atoms with Crippen molar-refractivity contribution in [3.05, 3.63) is 0 Å². The van der Waals surface area contributed by atoms with Gasteiger partial charge >= 0.3 is 0 Å². The first kappa shape index (κ1) is 7.95. The highest BCUT2D eigenvalue weighted by Crippen LogP contribution is 2.29. The number of piperidine rings is 1. The van der Waals surface area contributed by atoms with Gasteiger partial charge in [-0.1, -0.05) is 6.92 Å². The molecule has 0 aliphatic carbocycles. The summed E-state index contributed by atoms with van der Waals surface area (Å²) in [7, 11) is 0. The van der Waals surface area contributed by atoms with Gasteiger partial charge in [0.2, 0.25) is 0 Å². The van der Waals surface area contributed by atoms with Gasteiger partial charge in [-0.3, -0.25) is 10.2 Å². The minimum Gasteiger partial charge on any atom is -0.269 e. The number of nitrogens with zero attached hydrogens (tertiary/aromatic N) is 1. The lowest BCUT2D eigenvalue weighted by Gasteiger charge is -2.35. The molecular weight excluding hydrogens is 131 g/mol. The molecule has 0 saturated carbocycles. The molecule has 0 radical (unpaired) electrons. The Labute approximate surface area is 61.2 Å². The molecule has 0 amide bonds. The SMILES string of the molecule is CC1(CF)CCN(N)CC1. The highest BCUT2D eigenvalue weighted by molar-refractivity contribution is 4.79. The molecule has 1 fully saturated rings. The largest absolute Gasteiger partial charge is 0.269 e. The van der Waals surface area contributed by atoms with Gasteiger partial charge < -0.3 is 0 Å². The highest BCUT2D eigenvalue weighted by Gasteiger charge is 2.28. The second kappa shape index (κ2) is 2.84. The average molecular weight is 146 g/mol. The van der Waals surface area contributed by atoms with E-state index in [1.165, 1.54) is 0 Å². The number of nitrogens with two attached hydrogens (primary N) is 1. The zero-order valence-electron chi connectivity index (χ0n) is 6.44. The lowest BCUT2D eigenvalue weighted by Crippen LogP contribution is -2.43. The van der Waals surface area contributed by atoms with E-state index in [1.54, 1.807) is 5.01 Å². The van der Waals surface area contributed by atoms with Crippen LogP contribution in [0.5, 0.6) is 0 Å². The fourth-order valence-corrected chi connectivity index (χ4v) is 1.20. The molecule has 10 heavy (non-hydrogen) atoms. The Bertz CT molecular complexity index is 108. The predicted molar refractivity (Wildman–Crippen MR) is 39.1 cm³/mol. The third kappa shape index (κ3) is 1.67. The first-order valence-electron chi connectivity index (χ1n) is 3.72. The molecule has 1 aliphatic heterocycles. The van der Waals surface area contributed by atoms with E-state index in [4.69, 9.17) is 5.84 Å². The fraction of sp³-hybridized carbons (Fsp3) is 1.00. The van der Waals surface area contributed by atoms with Gasteiger partial charge in [-0.15, -0.1) is 0 Å². The van der Waals surface area contributed by atoms with Crippen molar-refractivity contribution in [2.45, 2.75) is 19.8 Å². The maximum atomic E-state index is 12.3. The van der Waals surface area contributed by atoms with E-state index in [0.29, 0.717) is 0 Å². The number of alkyl halides is 1. The van der Waals surface area contributed by atoms with Gasteiger partial charge in [0.15, 0.2) is 0 Å². The molecule has 1 aliphatic rings. The molecule has 0 aromatic heterocycles. The summed E-state index contributed by atoms with van der Waals surface area (Å²) in [5.41, 5.74) is -0.0874. The van der Waals surface area contributed by atoms with Crippen LogP contribution >= 0.6 is 0 Å². The smallest absolute Gasteiger partial charge is 0.0948 e. The molecule has 0 unspecified atom stereocenters. The van der Waals surface area contributed by atoms with Crippen molar-refractivity contribution in [2.24, 2.45) is 11.3 Å². The van der Waals surface area contributed by atoms with Crippen LogP contribution in [0.1, 0.15) is 19.8 Å². The minimum atomic E-state index is -0.208. The van der Waals surface area contributed by atoms with Gasteiger partial charge in [-0.2, -0.15) is 0 Å². The zero-order valence-corrected chi connectivity index (χ0v) is 6.44. The molecule has 0 spiro atoms. The standard InChI is InChI=1S/C7H15FN2/c1-7(6-8)2-4-10(9)5-3-7/h2-6,9H2,1H3. The van der Waals surface area contributed by atoms with E-state index in [9.17, 15) is 4.39 Å². The number of hydrogen-bond donors (Lipinski definition) is 1. The molecule has 0 aromatic carbocycles. The maximum absolute atomic E-state index is 12.3. The molecular formula is C7H15FN2. The van der Waals surface area contributed by atoms with Crippen LogP contribution in [0.15, 0.2) is 0 Å². The van der Waals surface area contributed by atoms with Crippen molar-refractivity contribution in [2.75, 3.05) is 19.8 Å². The number of hydrogen-bond acceptors (Lipinski definition) is 2. The summed E-state index contributed by atoms with van der Waals surface area (Å²) >= 11 is 0. The van der Waals surface area contributed by atoms with E-state index in [0.717, 1.165) is 25.9 Å². The molecule has 2 N–H and O–H groups in total. The van der Waals surface area contributed by atoms with Crippen LogP contribution in [0, 0.1) is 5.41 Å². The Morgan fingerprint density at radius 1 is 1.50 bits per heavy atom. The van der Waals surface area contributed by atoms with Crippen molar-refractivity contribution in [3.63, 3.8) is 0 Å². The third-order valence-electron chi connectivity index (χ3n) is 2.33. The van der Waals surface area contributed by atoms with Crippen LogP contribution < -0.4 is 5.84 Å². The van der Waals surface area contributed by atoms with Crippen LogP contribution in [-0.4, -0.2) is 24.8 Å². The van der Waals surface area contributed by atoms with E-state index in [2.05, 4.69) is 0 Å². The van der Waals surface area contributed by atoms with Crippen molar-refractivity contribution < 1.29 is 4.39 Å². The van der Waals surface area contributed by atoms with Crippen molar-refractivity contribution in [1.29, 1.82) is 0 Å². The Hall–Kier alpha value is -0.150. The minimum absolute atomic E-state index is 0.0874. The number of halogens is 1. The quantitative estimate of drug-likeness (QED) is 0.558. The molecule has 60 valence electrons. The Balaban J connectivity index is 2.38. The molecule has 0 atom stereocenters. The summed E-state index contributed by atoms with van der Waals surface area (Å²) in [6.07, 6.45) is 1.78. The lowest BCUT2D eigenvalue weighted by molar-refractivity contribution is 0.0938. The first-order chi connectivity index (χ1) is 4.66. The first-order valence-corrected chi connectivity index (χ1v) is 3.72. The summed E-state index contributed by atoms with van der Waals surface area (Å²) in [5, 5.41) is 1.76. The number of rotatable bonds is 1. The van der Waals surface area contributed by atoms with Gasteiger partial charge in [0.1, 0.15) is 0 Å². The lowest BCUT2D eigenvalue weighted by atomic mass is 9.82. The van der Waals surface area contributed by atoms with Gasteiger partial charge in [0, 0.05) is 13.1 Å². The monoisotopic (exact) mass is 146 g/mol. The summed E-state index contributed by atoms with van der Waals surface area (Å²) in [6.45, 7) is 3.45. The Kier molecular flexibility index (Phi) is 2.26. The Morgan fingerprint density at radius 2 is 2.00 bits per heavy atom. The molecule has 0 bridgehead atoms. The van der Waals surface area contributed by atoms with Crippen molar-refractivity contribution in [3.8, 4) is 0 Å². The van der Waals surface area contributed by atoms with Crippen LogP contribution in [0.4, 0.5) is 4.39 Å². The van der Waals surface area contributed by atoms with Gasteiger partial charge in [0.25, 0.3) is 0 Å². The van der Waals surface area contributed by atoms with Crippen molar-refractivity contribution in [1.82, 2.24) is 5.01 Å². The molecule has 1 saturated heterocycles. The maximum Gasteiger partial charge on any atom is 0.0948 e. The number of hydrazine groups is 1. The van der Waals surface area contributed by atoms with Gasteiger partial charge in [0.05, 0.1) is 6.67 Å². The molecule has 1 rings (SSSR count). The summed E-state index contributed by atoms with van der Waals surface area (Å²) in [5.74, 6) is 5.52.